The molecule has 1 aromatic heterocycles. The molecule has 0 radical (unpaired) electrons. The van der Waals surface area contributed by atoms with Gasteiger partial charge in [-0.25, -0.2) is 13.6 Å². The molecule has 2 aliphatic carbocycles. The molecular weight excluding hydrogens is 424 g/mol. The van der Waals surface area contributed by atoms with Crippen LogP contribution in [-0.4, -0.2) is 28.2 Å². The summed E-state index contributed by atoms with van der Waals surface area (Å²) in [6.07, 6.45) is 1.11. The summed E-state index contributed by atoms with van der Waals surface area (Å²) in [6.45, 7) is 4.39. The predicted octanol–water partition coefficient (Wildman–Crippen LogP) is 5.80. The van der Waals surface area contributed by atoms with Crippen molar-refractivity contribution >= 4 is 6.09 Å². The van der Waals surface area contributed by atoms with E-state index in [1.54, 1.807) is 18.0 Å². The van der Waals surface area contributed by atoms with Gasteiger partial charge in [0.15, 0.2) is 0 Å². The van der Waals surface area contributed by atoms with E-state index >= 15 is 0 Å². The third-order valence-corrected chi connectivity index (χ3v) is 7.59. The predicted molar refractivity (Wildman–Crippen MR) is 119 cm³/mol. The number of nitrogens with zero attached hydrogens (tertiary/aromatic N) is 3. The molecule has 0 N–H and O–H groups in total. The second-order valence-corrected chi connectivity index (χ2v) is 9.40. The van der Waals surface area contributed by atoms with Crippen molar-refractivity contribution in [2.24, 2.45) is 5.41 Å². The van der Waals surface area contributed by atoms with Gasteiger partial charge in [-0.3, -0.25) is 4.90 Å². The zero-order valence-electron chi connectivity index (χ0n) is 18.8. The number of aromatic nitrogens is 2. The highest BCUT2D eigenvalue weighted by Gasteiger charge is 2.66. The van der Waals surface area contributed by atoms with Crippen LogP contribution in [0.1, 0.15) is 49.4 Å². The van der Waals surface area contributed by atoms with Crippen LogP contribution in [0, 0.1) is 17.0 Å². The number of amides is 1. The maximum atomic E-state index is 14.4. The number of carbonyl (C=O) groups excluding carboxylic acids is 1. The van der Waals surface area contributed by atoms with Gasteiger partial charge in [0.05, 0.1) is 22.5 Å². The van der Waals surface area contributed by atoms with Crippen molar-refractivity contribution in [1.29, 1.82) is 0 Å². The maximum absolute atomic E-state index is 14.4. The number of benzene rings is 2. The summed E-state index contributed by atoms with van der Waals surface area (Å²) in [5, 5.41) is 8.66. The summed E-state index contributed by atoms with van der Waals surface area (Å²) >= 11 is 0. The van der Waals surface area contributed by atoms with Crippen molar-refractivity contribution in [3.8, 4) is 11.3 Å². The van der Waals surface area contributed by atoms with Crippen molar-refractivity contribution in [1.82, 2.24) is 15.1 Å². The highest BCUT2D eigenvalue weighted by atomic mass is 19.1. The van der Waals surface area contributed by atoms with Gasteiger partial charge >= 0.3 is 6.09 Å². The molecule has 2 bridgehead atoms. The Morgan fingerprint density at radius 2 is 1.79 bits per heavy atom. The van der Waals surface area contributed by atoms with Crippen molar-refractivity contribution < 1.29 is 18.3 Å². The molecule has 0 spiro atoms. The highest BCUT2D eigenvalue weighted by molar-refractivity contribution is 5.71. The number of fused-ring (bicyclic) bond motifs is 5. The van der Waals surface area contributed by atoms with Crippen LogP contribution >= 0.6 is 0 Å². The van der Waals surface area contributed by atoms with Gasteiger partial charge in [0.2, 0.25) is 0 Å². The minimum Gasteiger partial charge on any atom is -0.445 e. The number of carbonyl (C=O) groups is 1. The molecule has 0 aliphatic heterocycles. The molecule has 2 aromatic carbocycles. The van der Waals surface area contributed by atoms with Gasteiger partial charge in [-0.15, -0.1) is 5.10 Å². The molecule has 170 valence electrons. The monoisotopic (exact) mass is 449 g/mol. The fourth-order valence-electron chi connectivity index (χ4n) is 5.88. The van der Waals surface area contributed by atoms with Crippen molar-refractivity contribution in [2.45, 2.75) is 44.8 Å². The summed E-state index contributed by atoms with van der Waals surface area (Å²) in [5.41, 5.74) is 1.40. The number of ether oxygens (including phenoxy) is 1. The number of halogens is 2. The molecule has 3 aromatic rings. The Hall–Kier alpha value is -3.35. The van der Waals surface area contributed by atoms with Gasteiger partial charge in [-0.2, -0.15) is 5.10 Å². The Morgan fingerprint density at radius 3 is 2.48 bits per heavy atom. The van der Waals surface area contributed by atoms with Crippen molar-refractivity contribution in [3.05, 3.63) is 83.1 Å². The van der Waals surface area contributed by atoms with Crippen LogP contribution in [0.25, 0.3) is 11.3 Å². The smallest absolute Gasteiger partial charge is 0.410 e. The lowest BCUT2D eigenvalue weighted by atomic mass is 9.74. The van der Waals surface area contributed by atoms with E-state index < -0.39 is 23.3 Å². The van der Waals surface area contributed by atoms with Crippen LogP contribution in [0.2, 0.25) is 0 Å². The van der Waals surface area contributed by atoms with Gasteiger partial charge in [0, 0.05) is 12.5 Å². The van der Waals surface area contributed by atoms with E-state index in [4.69, 9.17) is 4.74 Å². The molecule has 1 saturated carbocycles. The van der Waals surface area contributed by atoms with Gasteiger partial charge in [0.25, 0.3) is 0 Å². The molecular formula is C26H25F2N3O2. The van der Waals surface area contributed by atoms with E-state index in [0.29, 0.717) is 5.69 Å². The summed E-state index contributed by atoms with van der Waals surface area (Å²) in [5.74, 6) is -1.27. The van der Waals surface area contributed by atoms with Gasteiger partial charge < -0.3 is 4.74 Å². The molecule has 1 fully saturated rings. The van der Waals surface area contributed by atoms with Crippen LogP contribution < -0.4 is 0 Å². The molecule has 1 amide bonds. The zero-order valence-corrected chi connectivity index (χ0v) is 18.8. The average Bonchev–Trinajstić information content (AvgIpc) is 3.18. The van der Waals surface area contributed by atoms with E-state index in [2.05, 4.69) is 24.0 Å². The third-order valence-electron chi connectivity index (χ3n) is 7.59. The molecule has 2 atom stereocenters. The average molecular weight is 450 g/mol. The largest absolute Gasteiger partial charge is 0.445 e. The van der Waals surface area contributed by atoms with E-state index in [1.807, 2.05) is 30.3 Å². The minimum absolute atomic E-state index is 0.0842. The first-order valence-corrected chi connectivity index (χ1v) is 11.0. The van der Waals surface area contributed by atoms with Gasteiger partial charge in [-0.1, -0.05) is 50.2 Å². The lowest BCUT2D eigenvalue weighted by Gasteiger charge is -2.44. The first kappa shape index (κ1) is 21.5. The van der Waals surface area contributed by atoms with Crippen LogP contribution in [0.3, 0.4) is 0 Å². The highest BCUT2D eigenvalue weighted by Crippen LogP contribution is 2.68. The molecule has 5 nitrogen and oxygen atoms in total. The third kappa shape index (κ3) is 3.05. The number of hydrogen-bond donors (Lipinski definition) is 0. The Kier molecular flexibility index (Phi) is 4.96. The molecule has 0 unspecified atom stereocenters. The quantitative estimate of drug-likeness (QED) is 0.505. The summed E-state index contributed by atoms with van der Waals surface area (Å²) in [4.78, 5) is 14.8. The first-order chi connectivity index (χ1) is 15.8. The second-order valence-electron chi connectivity index (χ2n) is 9.40. The molecule has 33 heavy (non-hydrogen) atoms. The lowest BCUT2D eigenvalue weighted by molar-refractivity contribution is 0.0119. The summed E-state index contributed by atoms with van der Waals surface area (Å²) < 4.78 is 34.4. The lowest BCUT2D eigenvalue weighted by Crippen LogP contribution is -2.52. The Bertz CT molecular complexity index is 1210. The number of hydrogen-bond acceptors (Lipinski definition) is 4. The van der Waals surface area contributed by atoms with E-state index in [0.717, 1.165) is 24.0 Å². The van der Waals surface area contributed by atoms with Crippen LogP contribution in [0.4, 0.5) is 13.6 Å². The van der Waals surface area contributed by atoms with Crippen LogP contribution in [0.15, 0.2) is 54.6 Å². The van der Waals surface area contributed by atoms with Crippen molar-refractivity contribution in [3.63, 3.8) is 0 Å². The van der Waals surface area contributed by atoms with Gasteiger partial charge in [0.1, 0.15) is 18.2 Å². The molecule has 1 heterocycles. The summed E-state index contributed by atoms with van der Waals surface area (Å²) in [6, 6.07) is 15.0. The molecule has 0 saturated heterocycles. The Balaban J connectivity index is 1.51. The Morgan fingerprint density at radius 1 is 1.09 bits per heavy atom. The molecule has 7 heteroatoms. The molecule has 5 rings (SSSR count). The fourth-order valence-corrected chi connectivity index (χ4v) is 5.88. The topological polar surface area (TPSA) is 55.3 Å². The van der Waals surface area contributed by atoms with Gasteiger partial charge in [-0.05, 0) is 48.1 Å². The van der Waals surface area contributed by atoms with E-state index in [-0.39, 0.29) is 29.2 Å². The normalized spacial score (nSPS) is 22.2. The van der Waals surface area contributed by atoms with Crippen LogP contribution in [0.5, 0.6) is 0 Å². The zero-order chi connectivity index (χ0) is 23.4. The van der Waals surface area contributed by atoms with Crippen LogP contribution in [-0.2, 0) is 16.9 Å². The Labute approximate surface area is 191 Å². The summed E-state index contributed by atoms with van der Waals surface area (Å²) in [7, 11) is 1.73. The fraction of sp³-hybridized carbons (Fsp3) is 0.346. The standard InChI is InChI=1S/C26H25F2N3O2/c1-25(2)18-12-13-26(25,31(3)24(32)33-15-16-8-5-4-6-9-16)23-17(18)14-21(29-30-23)22-19(27)10-7-11-20(22)28/h4-11,14,18H,12-13,15H2,1-3H3/t18-,26-/m0/s1. The van der Waals surface area contributed by atoms with E-state index in [1.165, 1.54) is 18.2 Å². The first-order valence-electron chi connectivity index (χ1n) is 11.0. The minimum atomic E-state index is -0.708. The maximum Gasteiger partial charge on any atom is 0.410 e. The SMILES string of the molecule is CN(C(=O)OCc1ccccc1)[C@@]12CC[C@@H](c3cc(-c4c(F)cccc4F)nnc31)C2(C)C. The van der Waals surface area contributed by atoms with Crippen molar-refractivity contribution in [2.75, 3.05) is 7.05 Å². The van der Waals surface area contributed by atoms with E-state index in [9.17, 15) is 13.6 Å². The second kappa shape index (κ2) is 7.61. The molecule has 2 aliphatic rings. The number of rotatable bonds is 4.